The minimum Gasteiger partial charge on any atom is -0.280 e. The normalized spacial score (nSPS) is 9.86. The zero-order chi connectivity index (χ0) is 5.91. The van der Waals surface area contributed by atoms with Gasteiger partial charge in [0.2, 0.25) is 0 Å². The maximum absolute atomic E-state index is 8.21. The zero-order valence-corrected chi connectivity index (χ0v) is 4.60. The van der Waals surface area contributed by atoms with Crippen molar-refractivity contribution in [3.8, 4) is 6.07 Å². The van der Waals surface area contributed by atoms with Crippen LogP contribution in [0.5, 0.6) is 0 Å². The summed E-state index contributed by atoms with van der Waals surface area (Å²) >= 11 is 0. The summed E-state index contributed by atoms with van der Waals surface area (Å²) in [5, 5.41) is 8.21. The van der Waals surface area contributed by atoms with Crippen molar-refractivity contribution in [2.24, 2.45) is 4.99 Å². The third-order valence-corrected chi connectivity index (χ3v) is 0.669. The van der Waals surface area contributed by atoms with E-state index in [1.807, 2.05) is 6.07 Å². The monoisotopic (exact) mass is 96.1 g/mol. The fraction of sp³-hybridized carbons (Fsp3) is 0.600. The molecule has 0 aromatic heterocycles. The average molecular weight is 96.1 g/mol. The maximum atomic E-state index is 8.21. The molecule has 0 amide bonds. The fourth-order valence-corrected chi connectivity index (χ4v) is 0.0354. The summed E-state index contributed by atoms with van der Waals surface area (Å²) in [5.74, 6) is 0. The van der Waals surface area contributed by atoms with Crippen molar-refractivity contribution >= 4 is 6.72 Å². The van der Waals surface area contributed by atoms with Crippen molar-refractivity contribution in [3.63, 3.8) is 0 Å². The van der Waals surface area contributed by atoms with E-state index in [9.17, 15) is 0 Å². The molecule has 0 aliphatic heterocycles. The van der Waals surface area contributed by atoms with Gasteiger partial charge in [-0.15, -0.1) is 0 Å². The molecular formula is C5H8N2. The number of hydrogen-bond acceptors (Lipinski definition) is 2. The number of nitriles is 1. The van der Waals surface area contributed by atoms with Gasteiger partial charge >= 0.3 is 0 Å². The topological polar surface area (TPSA) is 36.1 Å². The Hall–Kier alpha value is -0.840. The van der Waals surface area contributed by atoms with Crippen LogP contribution in [-0.4, -0.2) is 12.3 Å². The molecule has 0 N–H and O–H groups in total. The molecule has 2 nitrogen and oxygen atoms in total. The molecule has 0 radical (unpaired) electrons. The Balaban J connectivity index is 3.91. The van der Waals surface area contributed by atoms with Gasteiger partial charge in [-0.2, -0.15) is 5.26 Å². The molecule has 0 saturated heterocycles. The largest absolute Gasteiger partial charge is 0.280 e. The molecule has 0 aromatic carbocycles. The van der Waals surface area contributed by atoms with Crippen molar-refractivity contribution in [2.45, 2.75) is 19.4 Å². The molecule has 0 fully saturated rings. The van der Waals surface area contributed by atoms with Crippen LogP contribution >= 0.6 is 0 Å². The van der Waals surface area contributed by atoms with Crippen LogP contribution in [0, 0.1) is 11.3 Å². The predicted molar refractivity (Wildman–Crippen MR) is 29.2 cm³/mol. The summed E-state index contributed by atoms with van der Waals surface area (Å²) in [6.07, 6.45) is 0. The minimum atomic E-state index is -0.597. The van der Waals surface area contributed by atoms with Gasteiger partial charge < -0.3 is 0 Å². The van der Waals surface area contributed by atoms with Crippen LogP contribution in [0.25, 0.3) is 0 Å². The predicted octanol–water partition coefficient (Wildman–Crippen LogP) is 0.989. The number of hydrogen-bond donors (Lipinski definition) is 0. The Labute approximate surface area is 43.5 Å². The van der Waals surface area contributed by atoms with Gasteiger partial charge in [0.05, 0.1) is 6.07 Å². The van der Waals surface area contributed by atoms with Crippen molar-refractivity contribution < 1.29 is 0 Å². The lowest BCUT2D eigenvalue weighted by Crippen LogP contribution is -2.10. The molecule has 0 unspecified atom stereocenters. The Morgan fingerprint density at radius 2 is 2.14 bits per heavy atom. The summed E-state index contributed by atoms with van der Waals surface area (Å²) in [5.41, 5.74) is -0.597. The van der Waals surface area contributed by atoms with E-state index in [0.29, 0.717) is 0 Å². The van der Waals surface area contributed by atoms with Crippen LogP contribution in [0.2, 0.25) is 0 Å². The molecule has 38 valence electrons. The quantitative estimate of drug-likeness (QED) is 0.448. The molecule has 0 aliphatic rings. The first-order valence-corrected chi connectivity index (χ1v) is 2.01. The summed E-state index contributed by atoms with van der Waals surface area (Å²) in [6, 6.07) is 1.96. The molecule has 0 rings (SSSR count). The lowest BCUT2D eigenvalue weighted by Gasteiger charge is -2.03. The lowest BCUT2D eigenvalue weighted by molar-refractivity contribution is 0.679. The number of rotatable bonds is 1. The van der Waals surface area contributed by atoms with Crippen LogP contribution in [0.1, 0.15) is 13.8 Å². The van der Waals surface area contributed by atoms with E-state index in [4.69, 9.17) is 5.26 Å². The van der Waals surface area contributed by atoms with Crippen molar-refractivity contribution in [1.29, 1.82) is 5.26 Å². The SMILES string of the molecule is C=NC(C)(C)C#N. The first kappa shape index (κ1) is 6.16. The standard InChI is InChI=1S/C5H8N2/c1-5(2,4-6)7-3/h3H2,1-2H3. The third-order valence-electron chi connectivity index (χ3n) is 0.669. The second kappa shape index (κ2) is 1.74. The summed E-state index contributed by atoms with van der Waals surface area (Å²) in [7, 11) is 0. The van der Waals surface area contributed by atoms with Crippen molar-refractivity contribution in [1.82, 2.24) is 0 Å². The Morgan fingerprint density at radius 1 is 1.71 bits per heavy atom. The van der Waals surface area contributed by atoms with Crippen LogP contribution in [-0.2, 0) is 0 Å². The van der Waals surface area contributed by atoms with Crippen molar-refractivity contribution in [3.05, 3.63) is 0 Å². The highest BCUT2D eigenvalue weighted by molar-refractivity contribution is 5.27. The molecule has 0 bridgehead atoms. The number of nitrogens with zero attached hydrogens (tertiary/aromatic N) is 2. The molecule has 0 heterocycles. The average Bonchev–Trinajstić information content (AvgIpc) is 1.68. The van der Waals surface area contributed by atoms with Gasteiger partial charge in [0.15, 0.2) is 0 Å². The molecule has 2 heteroatoms. The van der Waals surface area contributed by atoms with Crippen LogP contribution in [0.3, 0.4) is 0 Å². The fourth-order valence-electron chi connectivity index (χ4n) is 0.0354. The van der Waals surface area contributed by atoms with Gasteiger partial charge in [-0.25, -0.2) is 0 Å². The van der Waals surface area contributed by atoms with Crippen LogP contribution < -0.4 is 0 Å². The van der Waals surface area contributed by atoms with Crippen LogP contribution in [0.4, 0.5) is 0 Å². The minimum absolute atomic E-state index is 0.597. The molecule has 0 spiro atoms. The molecule has 7 heavy (non-hydrogen) atoms. The summed E-state index contributed by atoms with van der Waals surface area (Å²) in [6.45, 7) is 6.65. The van der Waals surface area contributed by atoms with E-state index in [1.165, 1.54) is 0 Å². The Kier molecular flexibility index (Phi) is 1.53. The molecule has 0 atom stereocenters. The van der Waals surface area contributed by atoms with E-state index in [-0.39, 0.29) is 0 Å². The highest BCUT2D eigenvalue weighted by Crippen LogP contribution is 2.02. The second-order valence-corrected chi connectivity index (χ2v) is 1.83. The van der Waals surface area contributed by atoms with E-state index in [1.54, 1.807) is 13.8 Å². The summed E-state index contributed by atoms with van der Waals surface area (Å²) in [4.78, 5) is 3.53. The molecule has 0 aliphatic carbocycles. The first-order chi connectivity index (χ1) is 3.12. The Bertz CT molecular complexity index is 108. The van der Waals surface area contributed by atoms with E-state index in [2.05, 4.69) is 11.7 Å². The van der Waals surface area contributed by atoms with Gasteiger partial charge in [0, 0.05) is 0 Å². The van der Waals surface area contributed by atoms with Gasteiger partial charge in [-0.1, -0.05) is 0 Å². The van der Waals surface area contributed by atoms with E-state index in [0.717, 1.165) is 0 Å². The van der Waals surface area contributed by atoms with Gasteiger partial charge in [-0.05, 0) is 20.6 Å². The second-order valence-electron chi connectivity index (χ2n) is 1.83. The smallest absolute Gasteiger partial charge is 0.140 e. The van der Waals surface area contributed by atoms with Gasteiger partial charge in [0.25, 0.3) is 0 Å². The zero-order valence-electron chi connectivity index (χ0n) is 4.60. The molecule has 0 aromatic rings. The van der Waals surface area contributed by atoms with Gasteiger partial charge in [0.1, 0.15) is 5.54 Å². The summed E-state index contributed by atoms with van der Waals surface area (Å²) < 4.78 is 0. The molecular weight excluding hydrogens is 88.1 g/mol. The van der Waals surface area contributed by atoms with Crippen molar-refractivity contribution in [2.75, 3.05) is 0 Å². The lowest BCUT2D eigenvalue weighted by atomic mass is 10.1. The first-order valence-electron chi connectivity index (χ1n) is 2.01. The third kappa shape index (κ3) is 1.94. The van der Waals surface area contributed by atoms with Crippen LogP contribution in [0.15, 0.2) is 4.99 Å². The molecule has 0 saturated carbocycles. The number of aliphatic imine (C=N–C) groups is 1. The maximum Gasteiger partial charge on any atom is 0.140 e. The van der Waals surface area contributed by atoms with E-state index < -0.39 is 5.54 Å². The Morgan fingerprint density at radius 3 is 2.14 bits per heavy atom. The van der Waals surface area contributed by atoms with Gasteiger partial charge in [-0.3, -0.25) is 4.99 Å². The van der Waals surface area contributed by atoms with E-state index >= 15 is 0 Å². The highest BCUT2D eigenvalue weighted by Gasteiger charge is 2.09. The highest BCUT2D eigenvalue weighted by atomic mass is 14.8.